The van der Waals surface area contributed by atoms with Gasteiger partial charge >= 0.3 is 11.2 Å². The Hall–Kier alpha value is -3.97. The van der Waals surface area contributed by atoms with Gasteiger partial charge in [0.2, 0.25) is 0 Å². The lowest BCUT2D eigenvalue weighted by atomic mass is 9.91. The Balaban J connectivity index is 1.87. The lowest BCUT2D eigenvalue weighted by molar-refractivity contribution is 0.323. The van der Waals surface area contributed by atoms with Gasteiger partial charge in [0.25, 0.3) is 0 Å². The molecule has 2 unspecified atom stereocenters. The highest BCUT2D eigenvalue weighted by molar-refractivity contribution is 5.80. The second-order valence-electron chi connectivity index (χ2n) is 8.43. The minimum atomic E-state index is -0.597. The van der Waals surface area contributed by atoms with E-state index in [4.69, 9.17) is 15.7 Å². The summed E-state index contributed by atoms with van der Waals surface area (Å²) < 4.78 is 1.09. The van der Waals surface area contributed by atoms with Crippen LogP contribution in [0.3, 0.4) is 0 Å². The number of rotatable bonds is 7. The van der Waals surface area contributed by atoms with Gasteiger partial charge in [0.15, 0.2) is 11.2 Å². The fraction of sp³-hybridized carbons (Fsp3) is 0.375. The zero-order valence-electron chi connectivity index (χ0n) is 19.7. The number of nitrogens with one attached hydrogen (secondary N) is 2. The van der Waals surface area contributed by atoms with Crippen LogP contribution in [0, 0.1) is 24.7 Å². The lowest BCUT2D eigenvalue weighted by Gasteiger charge is -2.37. The molecule has 0 aliphatic heterocycles. The molecule has 0 spiro atoms. The molecule has 1 aromatic carbocycles. The zero-order valence-corrected chi connectivity index (χ0v) is 19.7. The standard InChI is InChI=1S/C24H28N8O2/c1-5-6-11-31(32-23(33)21-22(27-13-26-21)30-24(32)34)19(14(2)15(3)25)12-20-28-16(4)17-9-7-8-10-18(17)29-20/h7-10,13-15,19H,11-12,25H2,1-4H3,(H,26,27)(H,30,34)/t14?,15-,19?/m0/s1. The molecule has 4 N–H and O–H groups in total. The van der Waals surface area contributed by atoms with Gasteiger partial charge in [-0.15, -0.1) is 5.92 Å². The average Bonchev–Trinajstić information content (AvgIpc) is 3.28. The molecule has 0 fully saturated rings. The van der Waals surface area contributed by atoms with Crippen LogP contribution in [-0.2, 0) is 6.42 Å². The van der Waals surface area contributed by atoms with Crippen LogP contribution in [0.5, 0.6) is 0 Å². The Bertz CT molecular complexity index is 1500. The first-order chi connectivity index (χ1) is 16.3. The zero-order chi connectivity index (χ0) is 24.4. The molecule has 0 radical (unpaired) electrons. The van der Waals surface area contributed by atoms with E-state index in [0.29, 0.717) is 12.2 Å². The third-order valence-electron chi connectivity index (χ3n) is 6.19. The first kappa shape index (κ1) is 23.2. The summed E-state index contributed by atoms with van der Waals surface area (Å²) in [6.07, 6.45) is 1.74. The molecule has 4 rings (SSSR count). The van der Waals surface area contributed by atoms with Crippen LogP contribution < -0.4 is 22.0 Å². The third-order valence-corrected chi connectivity index (χ3v) is 6.19. The summed E-state index contributed by atoms with van der Waals surface area (Å²) >= 11 is 0. The normalized spacial score (nSPS) is 13.9. The minimum absolute atomic E-state index is 0.127. The minimum Gasteiger partial charge on any atom is -0.339 e. The first-order valence-electron chi connectivity index (χ1n) is 11.1. The van der Waals surface area contributed by atoms with Crippen molar-refractivity contribution in [3.63, 3.8) is 0 Å². The molecular weight excluding hydrogens is 432 g/mol. The van der Waals surface area contributed by atoms with E-state index in [1.807, 2.05) is 45.0 Å². The van der Waals surface area contributed by atoms with Gasteiger partial charge in [0.1, 0.15) is 5.82 Å². The van der Waals surface area contributed by atoms with Crippen molar-refractivity contribution < 1.29 is 0 Å². The summed E-state index contributed by atoms with van der Waals surface area (Å²) in [6.45, 7) is 7.69. The van der Waals surface area contributed by atoms with Gasteiger partial charge in [0.05, 0.1) is 24.4 Å². The number of hydrogen-bond acceptors (Lipinski definition) is 7. The Morgan fingerprint density at radius 1 is 1.21 bits per heavy atom. The van der Waals surface area contributed by atoms with E-state index in [1.165, 1.54) is 6.33 Å². The number of imidazole rings is 1. The lowest BCUT2D eigenvalue weighted by Crippen LogP contribution is -2.59. The maximum Gasteiger partial charge on any atom is 0.349 e. The van der Waals surface area contributed by atoms with E-state index in [2.05, 4.69) is 26.8 Å². The van der Waals surface area contributed by atoms with Crippen molar-refractivity contribution in [2.24, 2.45) is 11.7 Å². The molecule has 0 saturated heterocycles. The molecule has 4 aromatic rings. The van der Waals surface area contributed by atoms with E-state index in [0.717, 1.165) is 21.3 Å². The SMILES string of the molecule is CC#CCN(C(Cc1nc(C)c2ccccc2n1)C(C)[C@H](C)N)n1c(=O)[nH]c2nc[nH]c2c1=O. The van der Waals surface area contributed by atoms with Crippen molar-refractivity contribution in [3.05, 3.63) is 62.9 Å². The Morgan fingerprint density at radius 2 is 1.97 bits per heavy atom. The number of aromatic nitrogens is 6. The fourth-order valence-corrected chi connectivity index (χ4v) is 4.12. The van der Waals surface area contributed by atoms with Crippen molar-refractivity contribution in [3.8, 4) is 11.8 Å². The van der Waals surface area contributed by atoms with Crippen LogP contribution in [0.1, 0.15) is 32.3 Å². The van der Waals surface area contributed by atoms with Crippen molar-refractivity contribution in [1.82, 2.24) is 29.6 Å². The van der Waals surface area contributed by atoms with Crippen LogP contribution >= 0.6 is 0 Å². The van der Waals surface area contributed by atoms with E-state index in [-0.39, 0.29) is 35.7 Å². The molecule has 3 atom stereocenters. The van der Waals surface area contributed by atoms with Gasteiger partial charge in [0, 0.05) is 23.5 Å². The number of fused-ring (bicyclic) bond motifs is 2. The maximum absolute atomic E-state index is 13.3. The van der Waals surface area contributed by atoms with Gasteiger partial charge in [-0.25, -0.2) is 19.7 Å². The maximum atomic E-state index is 13.3. The number of nitrogens with zero attached hydrogens (tertiary/aromatic N) is 5. The summed E-state index contributed by atoms with van der Waals surface area (Å²) in [7, 11) is 0. The molecule has 176 valence electrons. The predicted molar refractivity (Wildman–Crippen MR) is 132 cm³/mol. The predicted octanol–water partition coefficient (Wildman–Crippen LogP) is 1.22. The highest BCUT2D eigenvalue weighted by Crippen LogP contribution is 2.20. The smallest absolute Gasteiger partial charge is 0.339 e. The van der Waals surface area contributed by atoms with Crippen LogP contribution in [0.25, 0.3) is 22.1 Å². The summed E-state index contributed by atoms with van der Waals surface area (Å²) in [4.78, 5) is 45.3. The van der Waals surface area contributed by atoms with Gasteiger partial charge in [-0.1, -0.05) is 31.0 Å². The molecule has 10 heteroatoms. The topological polar surface area (TPSA) is 139 Å². The first-order valence-corrected chi connectivity index (χ1v) is 11.1. The summed E-state index contributed by atoms with van der Waals surface area (Å²) in [6, 6.07) is 7.20. The number of H-pyrrole nitrogens is 2. The number of aromatic amines is 2. The average molecular weight is 461 g/mol. The number of benzene rings is 1. The molecule has 34 heavy (non-hydrogen) atoms. The monoisotopic (exact) mass is 460 g/mol. The number of nitrogens with two attached hydrogens (primary N) is 1. The van der Waals surface area contributed by atoms with Gasteiger partial charge in [-0.3, -0.25) is 14.8 Å². The molecule has 0 aliphatic carbocycles. The third kappa shape index (κ3) is 4.30. The van der Waals surface area contributed by atoms with Crippen molar-refractivity contribution in [2.45, 2.75) is 46.2 Å². The number of para-hydroxylation sites is 1. The summed E-state index contributed by atoms with van der Waals surface area (Å²) in [5.41, 5.74) is 7.32. The second kappa shape index (κ2) is 9.49. The van der Waals surface area contributed by atoms with Crippen LogP contribution in [0.4, 0.5) is 0 Å². The molecule has 10 nitrogen and oxygen atoms in total. The largest absolute Gasteiger partial charge is 0.349 e. The molecular formula is C24H28N8O2. The fourth-order valence-electron chi connectivity index (χ4n) is 4.12. The van der Waals surface area contributed by atoms with Crippen LogP contribution in [0.15, 0.2) is 40.2 Å². The molecule has 0 amide bonds. The van der Waals surface area contributed by atoms with E-state index >= 15 is 0 Å². The van der Waals surface area contributed by atoms with E-state index in [1.54, 1.807) is 11.9 Å². The quantitative estimate of drug-likeness (QED) is 0.353. The van der Waals surface area contributed by atoms with Crippen LogP contribution in [0.2, 0.25) is 0 Å². The van der Waals surface area contributed by atoms with Gasteiger partial charge in [-0.05, 0) is 32.8 Å². The number of hydrogen-bond donors (Lipinski definition) is 3. The highest BCUT2D eigenvalue weighted by Gasteiger charge is 2.31. The van der Waals surface area contributed by atoms with Crippen molar-refractivity contribution >= 4 is 22.1 Å². The Labute approximate surface area is 196 Å². The van der Waals surface area contributed by atoms with E-state index in [9.17, 15) is 9.59 Å². The van der Waals surface area contributed by atoms with Crippen molar-refractivity contribution in [1.29, 1.82) is 0 Å². The van der Waals surface area contributed by atoms with Crippen molar-refractivity contribution in [2.75, 3.05) is 11.6 Å². The molecule has 0 bridgehead atoms. The molecule has 0 aliphatic rings. The highest BCUT2D eigenvalue weighted by atomic mass is 16.2. The Morgan fingerprint density at radius 3 is 2.71 bits per heavy atom. The molecule has 3 aromatic heterocycles. The summed E-state index contributed by atoms with van der Waals surface area (Å²) in [5, 5.41) is 2.65. The van der Waals surface area contributed by atoms with Gasteiger partial charge in [-0.2, -0.15) is 4.68 Å². The van der Waals surface area contributed by atoms with Crippen LogP contribution in [-0.4, -0.2) is 48.2 Å². The summed E-state index contributed by atoms with van der Waals surface area (Å²) in [5.74, 6) is 6.34. The molecule has 0 saturated carbocycles. The van der Waals surface area contributed by atoms with E-state index < -0.39 is 11.2 Å². The van der Waals surface area contributed by atoms with Gasteiger partial charge < -0.3 is 10.7 Å². The Kier molecular flexibility index (Phi) is 6.47. The number of aryl methyl sites for hydroxylation is 1. The molecule has 3 heterocycles. The second-order valence-corrected chi connectivity index (χ2v) is 8.43.